The first kappa shape index (κ1) is 38.5. The van der Waals surface area contributed by atoms with Crippen molar-refractivity contribution in [2.75, 3.05) is 0 Å². The summed E-state index contributed by atoms with van der Waals surface area (Å²) in [6.07, 6.45) is 1.83. The van der Waals surface area contributed by atoms with E-state index >= 15 is 0 Å². The van der Waals surface area contributed by atoms with Crippen LogP contribution in [0.1, 0.15) is 81.1 Å². The fourth-order valence-corrected chi connectivity index (χ4v) is 1.55. The van der Waals surface area contributed by atoms with E-state index in [1.54, 1.807) is 27.7 Å². The summed E-state index contributed by atoms with van der Waals surface area (Å²) >= 11 is 0. The number of carbonyl (C=O) groups excluding carboxylic acids is 4. The molecule has 0 spiro atoms. The predicted molar refractivity (Wildman–Crippen MR) is 103 cm³/mol. The monoisotopic (exact) mass is 454 g/mol. The Bertz CT molecular complexity index is 363. The molecule has 8 nitrogen and oxygen atoms in total. The van der Waals surface area contributed by atoms with Crippen LogP contribution in [0.15, 0.2) is 0 Å². The fourth-order valence-electron chi connectivity index (χ4n) is 1.55. The third kappa shape index (κ3) is 38.2. The van der Waals surface area contributed by atoms with Gasteiger partial charge >= 0.3 is 21.7 Å². The summed E-state index contributed by atoms with van der Waals surface area (Å²) < 4.78 is 0. The van der Waals surface area contributed by atoms with Gasteiger partial charge in [0.25, 0.3) is 0 Å². The van der Waals surface area contributed by atoms with Crippen molar-refractivity contribution in [1.29, 1.82) is 0 Å². The average Bonchev–Trinajstić information content (AvgIpc) is 2.48. The molecule has 0 aliphatic heterocycles. The first-order chi connectivity index (χ1) is 12.6. The van der Waals surface area contributed by atoms with Crippen LogP contribution in [0, 0.1) is 11.8 Å². The van der Waals surface area contributed by atoms with Gasteiger partial charge in [0.15, 0.2) is 0 Å². The number of hydrogen-bond donors (Lipinski definition) is 2. The van der Waals surface area contributed by atoms with E-state index in [0.29, 0.717) is 25.7 Å². The van der Waals surface area contributed by atoms with Crippen molar-refractivity contribution in [2.24, 2.45) is 11.8 Å². The molecule has 29 heavy (non-hydrogen) atoms. The summed E-state index contributed by atoms with van der Waals surface area (Å²) in [4.78, 5) is 41.5. The van der Waals surface area contributed by atoms with Crippen molar-refractivity contribution in [1.82, 2.24) is 0 Å². The Kier molecular flexibility index (Phi) is 33.1. The van der Waals surface area contributed by atoms with Crippen LogP contribution in [-0.4, -0.2) is 45.9 Å². The summed E-state index contributed by atoms with van der Waals surface area (Å²) in [5.41, 5.74) is 0. The second-order valence-corrected chi connectivity index (χ2v) is 6.73. The molecule has 2 unspecified atom stereocenters. The van der Waals surface area contributed by atoms with Gasteiger partial charge in [-0.25, -0.2) is 0 Å². The Morgan fingerprint density at radius 1 is 0.690 bits per heavy atom. The third-order valence-corrected chi connectivity index (χ3v) is 2.71. The topological polar surface area (TPSA) is 155 Å². The van der Waals surface area contributed by atoms with Gasteiger partial charge in [-0.15, -0.1) is 0 Å². The molecule has 2 atom stereocenters. The largest absolute Gasteiger partial charge is 2.00 e. The van der Waals surface area contributed by atoms with Crippen LogP contribution in [0.5, 0.6) is 0 Å². The van der Waals surface area contributed by atoms with Gasteiger partial charge in [-0.1, -0.05) is 26.7 Å². The molecule has 0 rings (SSSR count). The van der Waals surface area contributed by atoms with Gasteiger partial charge in [0, 0.05) is 12.2 Å². The molecule has 170 valence electrons. The maximum atomic E-state index is 10.6. The Hall–Kier alpha value is -1.09. The van der Waals surface area contributed by atoms with Gasteiger partial charge in [-0.05, 0) is 54.4 Å². The van der Waals surface area contributed by atoms with Crippen molar-refractivity contribution in [3.63, 3.8) is 0 Å². The number of aliphatic hydroxyl groups excluding tert-OH is 2. The molecule has 0 aromatic carbocycles. The Morgan fingerprint density at radius 3 is 0.897 bits per heavy atom. The van der Waals surface area contributed by atoms with Crippen LogP contribution in [0.4, 0.5) is 0 Å². The minimum atomic E-state index is -1.26. The number of aliphatic carboxylic acids is 2. The summed E-state index contributed by atoms with van der Waals surface area (Å²) in [5, 5.41) is 36.5. The second-order valence-electron chi connectivity index (χ2n) is 6.73. The SMILES string of the molecule is CC(C)O.CC(C)O.CCCC(C(C)=O)C(=O)[O-].CCCC(C(C)=O)C(=O)[O-].[Ti+2]. The molecule has 0 aromatic heterocycles. The number of ketones is 2. The predicted octanol–water partition coefficient (Wildman–Crippen LogP) is 0.255. The maximum Gasteiger partial charge on any atom is 2.00 e. The number of Topliss-reactive ketones (excluding diaryl/α,β-unsaturated/α-hetero) is 2. The minimum Gasteiger partial charge on any atom is -0.549 e. The zero-order chi connectivity index (χ0) is 23.4. The van der Waals surface area contributed by atoms with Gasteiger partial charge < -0.3 is 30.0 Å². The minimum absolute atomic E-state index is 0. The molecular formula is C20H38O8Ti. The van der Waals surface area contributed by atoms with E-state index in [1.807, 2.05) is 13.8 Å². The molecule has 0 radical (unpaired) electrons. The molecule has 0 heterocycles. The van der Waals surface area contributed by atoms with E-state index in [0.717, 1.165) is 0 Å². The molecule has 0 aliphatic rings. The van der Waals surface area contributed by atoms with Crippen LogP contribution in [0.25, 0.3) is 0 Å². The van der Waals surface area contributed by atoms with E-state index in [4.69, 9.17) is 10.2 Å². The second kappa shape index (κ2) is 25.0. The van der Waals surface area contributed by atoms with E-state index in [2.05, 4.69) is 0 Å². The van der Waals surface area contributed by atoms with Crippen LogP contribution in [0.3, 0.4) is 0 Å². The molecule has 0 aliphatic carbocycles. The normalized spacial score (nSPS) is 11.2. The van der Waals surface area contributed by atoms with Gasteiger partial charge in [0.2, 0.25) is 0 Å². The number of rotatable bonds is 8. The van der Waals surface area contributed by atoms with Gasteiger partial charge in [-0.3, -0.25) is 9.59 Å². The quantitative estimate of drug-likeness (QED) is 0.391. The van der Waals surface area contributed by atoms with Gasteiger partial charge in [-0.2, -0.15) is 0 Å². The van der Waals surface area contributed by atoms with Crippen molar-refractivity contribution in [3.05, 3.63) is 0 Å². The van der Waals surface area contributed by atoms with E-state index < -0.39 is 23.8 Å². The Balaban J connectivity index is -0.0000000950. The zero-order valence-corrected chi connectivity index (χ0v) is 20.5. The fraction of sp³-hybridized carbons (Fsp3) is 0.800. The van der Waals surface area contributed by atoms with E-state index in [1.165, 1.54) is 13.8 Å². The third-order valence-electron chi connectivity index (χ3n) is 2.71. The zero-order valence-electron chi connectivity index (χ0n) is 19.0. The molecule has 2 N–H and O–H groups in total. The Labute approximate surface area is 190 Å². The standard InChI is InChI=1S/2C7H12O3.2C3H8O.Ti/c2*1-3-4-6(5(2)8)7(9)10;2*1-3(2)4;/h2*6H,3-4H2,1-2H3,(H,9,10);2*3-4H,1-2H3;/q;;;;+2/p-2. The maximum absolute atomic E-state index is 10.6. The Morgan fingerprint density at radius 2 is 0.862 bits per heavy atom. The van der Waals surface area contributed by atoms with Crippen molar-refractivity contribution >= 4 is 23.5 Å². The van der Waals surface area contributed by atoms with E-state index in [9.17, 15) is 29.4 Å². The van der Waals surface area contributed by atoms with Crippen LogP contribution >= 0.6 is 0 Å². The number of hydrogen-bond acceptors (Lipinski definition) is 8. The first-order valence-electron chi connectivity index (χ1n) is 9.44. The first-order valence-corrected chi connectivity index (χ1v) is 9.44. The molecule has 0 saturated carbocycles. The molecule has 0 amide bonds. The average molecular weight is 454 g/mol. The summed E-state index contributed by atoms with van der Waals surface area (Å²) in [5.74, 6) is -4.94. The smallest absolute Gasteiger partial charge is 0.549 e. The molecule has 0 aromatic rings. The summed E-state index contributed by atoms with van der Waals surface area (Å²) in [7, 11) is 0. The van der Waals surface area contributed by atoms with Crippen LogP contribution in [0.2, 0.25) is 0 Å². The number of aliphatic hydroxyl groups is 2. The number of carboxylic acid groups (broad SMARTS) is 2. The summed E-state index contributed by atoms with van der Waals surface area (Å²) in [6.45, 7) is 13.1. The van der Waals surface area contributed by atoms with Gasteiger partial charge in [0.05, 0.1) is 23.8 Å². The van der Waals surface area contributed by atoms with Gasteiger partial charge in [0.1, 0.15) is 11.6 Å². The van der Waals surface area contributed by atoms with Crippen molar-refractivity contribution in [2.45, 2.75) is 93.3 Å². The molecular weight excluding hydrogens is 416 g/mol. The molecule has 0 fully saturated rings. The number of carbonyl (C=O) groups is 4. The molecule has 0 saturated heterocycles. The van der Waals surface area contributed by atoms with E-state index in [-0.39, 0.29) is 45.5 Å². The van der Waals surface area contributed by atoms with Crippen LogP contribution < -0.4 is 10.2 Å². The summed E-state index contributed by atoms with van der Waals surface area (Å²) in [6, 6.07) is 0. The van der Waals surface area contributed by atoms with Crippen molar-refractivity contribution < 1.29 is 61.3 Å². The number of carboxylic acids is 2. The van der Waals surface area contributed by atoms with Crippen LogP contribution in [-0.2, 0) is 40.9 Å². The molecule has 0 bridgehead atoms. The molecule has 9 heteroatoms. The van der Waals surface area contributed by atoms with Crippen molar-refractivity contribution in [3.8, 4) is 0 Å².